The van der Waals surface area contributed by atoms with Crippen molar-refractivity contribution in [3.05, 3.63) is 370 Å². The number of oxazole rings is 2. The number of benzene rings is 10. The number of hydrogen-bond donors (Lipinski definition) is 0. The number of halogens is 2. The van der Waals surface area contributed by atoms with Gasteiger partial charge in [-0.05, 0) is 215 Å². The lowest BCUT2D eigenvalue weighted by Crippen LogP contribution is -2.44. The number of piperazine rings is 1. The first kappa shape index (κ1) is 85.8. The first-order chi connectivity index (χ1) is 55.8. The molecule has 0 unspecified atom stereocenters. The third-order valence-electron chi connectivity index (χ3n) is 19.1. The first-order valence-corrected chi connectivity index (χ1v) is 40.7. The van der Waals surface area contributed by atoms with E-state index in [1.54, 1.807) is 54.1 Å². The van der Waals surface area contributed by atoms with Gasteiger partial charge in [-0.1, -0.05) is 206 Å². The third kappa shape index (κ3) is 27.0. The van der Waals surface area contributed by atoms with Gasteiger partial charge in [0.15, 0.2) is 11.5 Å². The Hall–Kier alpha value is -11.6. The van der Waals surface area contributed by atoms with Crippen LogP contribution in [0.2, 0.25) is 5.02 Å². The molecule has 0 saturated carbocycles. The summed E-state index contributed by atoms with van der Waals surface area (Å²) in [6, 6.07) is 96.5. The lowest BCUT2D eigenvalue weighted by atomic mass is 9.90. The molecule has 0 atom stereocenters. The molecule has 7 aromatic heterocycles. The fourth-order valence-corrected chi connectivity index (χ4v) is 14.3. The molecule has 0 N–H and O–H groups in total. The van der Waals surface area contributed by atoms with E-state index >= 15 is 0 Å². The van der Waals surface area contributed by atoms with Crippen LogP contribution in [0.3, 0.4) is 0 Å². The van der Waals surface area contributed by atoms with Crippen LogP contribution < -0.4 is 4.90 Å². The monoisotopic (exact) mass is 1580 g/mol. The maximum atomic E-state index is 12.3. The van der Waals surface area contributed by atoms with E-state index in [1.165, 1.54) is 87.9 Å². The van der Waals surface area contributed by atoms with Crippen molar-refractivity contribution in [2.75, 3.05) is 58.3 Å². The summed E-state index contributed by atoms with van der Waals surface area (Å²) in [5, 5.41) is 4.17. The standard InChI is InChI=1S/C14H12N2.C12H17N.C11H16N2.C11H11NO.C11H11NS.C10H8ClN.C8H7NO.C8H7NS.C7H7F.C6H7N/c1-16-13-10-6-5-9-12(13)15-14(16)11-7-3-2-4-8-11;1-13-9-7-12(8-10-13)11-5-3-2-4-6-11;1-12-7-9-13(10-8-12)11-5-3-2-4-6-11;2*1-8-9(2)13-11(12-8)10-6-4-3-5-7-10;1-7-4-5-12-10-6-8(11)2-3-9(7)10;2*1-6-9-7-4-2-3-5-8(7)10-6;1-6-4-2-3-5-7(6)8;1-6-4-2-3-5-7-6/h2-10H,1H3;2-6,12H,7-10H2,1H3;2-6H,7-10H2,1H3;2*3-7H,1-2H3;2-6H,1H3;2*2-5H,1H3;2-5H,1H3;2-5H,1H3. The van der Waals surface area contributed by atoms with E-state index in [1.807, 2.05) is 211 Å². The number of pyridine rings is 2. The van der Waals surface area contributed by atoms with Crippen LogP contribution in [-0.4, -0.2) is 103 Å². The van der Waals surface area contributed by atoms with Gasteiger partial charge in [-0.3, -0.25) is 9.97 Å². The Bertz CT molecular complexity index is 5330. The van der Waals surface area contributed by atoms with Gasteiger partial charge < -0.3 is 28.1 Å². The van der Waals surface area contributed by atoms with Gasteiger partial charge in [-0.25, -0.2) is 29.3 Å². The molecule has 588 valence electrons. The Balaban J connectivity index is 0.000000136. The number of piperidine rings is 1. The Kier molecular flexibility index (Phi) is 33.4. The lowest BCUT2D eigenvalue weighted by Gasteiger charge is -2.33. The zero-order valence-corrected chi connectivity index (χ0v) is 70.3. The number of rotatable bonds is 5. The summed E-state index contributed by atoms with van der Waals surface area (Å²) < 4.78 is 26.5. The number of likely N-dealkylation sites (N-methyl/N-ethyl adjacent to an activating group) is 1. The fraction of sp³-hybridized carbons (Fsp3) is 0.214. The summed E-state index contributed by atoms with van der Waals surface area (Å²) in [5.74, 6) is 4.00. The Morgan fingerprint density at radius 1 is 0.426 bits per heavy atom. The maximum Gasteiger partial charge on any atom is 0.226 e. The molecule has 0 radical (unpaired) electrons. The van der Waals surface area contributed by atoms with Crippen molar-refractivity contribution < 1.29 is 13.2 Å². The normalized spacial score (nSPS) is 12.4. The molecule has 9 heterocycles. The van der Waals surface area contributed by atoms with Gasteiger partial charge in [0, 0.05) is 95.9 Å². The lowest BCUT2D eigenvalue weighted by molar-refractivity contribution is 0.255. The molecule has 2 aliphatic heterocycles. The number of aromatic nitrogens is 8. The van der Waals surface area contributed by atoms with Crippen LogP contribution >= 0.6 is 34.3 Å². The molecular weight excluding hydrogens is 1480 g/mol. The average molecular weight is 1590 g/mol. The van der Waals surface area contributed by atoms with Crippen molar-refractivity contribution in [2.45, 2.75) is 81.1 Å². The Morgan fingerprint density at radius 3 is 1.56 bits per heavy atom. The molecule has 2 fully saturated rings. The summed E-state index contributed by atoms with van der Waals surface area (Å²) in [6.07, 6.45) is 6.23. The highest BCUT2D eigenvalue weighted by atomic mass is 35.5. The van der Waals surface area contributed by atoms with E-state index in [0.717, 1.165) is 107 Å². The van der Waals surface area contributed by atoms with Crippen molar-refractivity contribution in [3.63, 3.8) is 0 Å². The summed E-state index contributed by atoms with van der Waals surface area (Å²) in [7, 11) is 6.45. The minimum absolute atomic E-state index is 0.132. The van der Waals surface area contributed by atoms with E-state index in [4.69, 9.17) is 20.4 Å². The minimum Gasteiger partial charge on any atom is -0.441 e. The molecule has 115 heavy (non-hydrogen) atoms. The highest BCUT2D eigenvalue weighted by Gasteiger charge is 2.18. The number of para-hydroxylation sites is 6. The summed E-state index contributed by atoms with van der Waals surface area (Å²) in [5.41, 5.74) is 17.5. The average Bonchev–Trinajstić information content (AvgIpc) is 1.65. The largest absolute Gasteiger partial charge is 0.441 e. The number of hydrogen-bond acceptors (Lipinski definition) is 14. The second kappa shape index (κ2) is 44.7. The summed E-state index contributed by atoms with van der Waals surface area (Å²) >= 11 is 9.33. The molecule has 2 aliphatic rings. The van der Waals surface area contributed by atoms with E-state index in [2.05, 4.69) is 193 Å². The highest BCUT2D eigenvalue weighted by Crippen LogP contribution is 2.30. The smallest absolute Gasteiger partial charge is 0.226 e. The van der Waals surface area contributed by atoms with Gasteiger partial charge in [0.2, 0.25) is 5.89 Å². The zero-order chi connectivity index (χ0) is 81.3. The quantitative estimate of drug-likeness (QED) is 0.163. The van der Waals surface area contributed by atoms with Gasteiger partial charge in [-0.15, -0.1) is 22.7 Å². The molecule has 17 heteroatoms. The van der Waals surface area contributed by atoms with Crippen molar-refractivity contribution in [2.24, 2.45) is 7.05 Å². The number of fused-ring (bicyclic) bond motifs is 4. The molecule has 0 spiro atoms. The molecule has 19 rings (SSSR count). The van der Waals surface area contributed by atoms with Crippen LogP contribution in [0.4, 0.5) is 10.1 Å². The number of imidazole rings is 1. The molecule has 13 nitrogen and oxygen atoms in total. The maximum absolute atomic E-state index is 12.3. The van der Waals surface area contributed by atoms with Crippen molar-refractivity contribution in [1.29, 1.82) is 0 Å². The van der Waals surface area contributed by atoms with Crippen LogP contribution in [0.15, 0.2) is 312 Å². The number of likely N-dealkylation sites (tertiary alicyclic amines) is 1. The van der Waals surface area contributed by atoms with Gasteiger partial charge in [-0.2, -0.15) is 0 Å². The number of nitrogens with zero attached hydrogens (tertiary/aromatic N) is 11. The molecule has 0 amide bonds. The van der Waals surface area contributed by atoms with Crippen LogP contribution in [0, 0.1) is 68.1 Å². The topological polar surface area (TPSA) is 131 Å². The van der Waals surface area contributed by atoms with Gasteiger partial charge in [0.05, 0.1) is 43.2 Å². The SMILES string of the molecule is CN1CCC(c2ccccc2)CC1.CN1CCN(c2ccccc2)CC1.Cc1ccccc1F.Cc1ccccn1.Cc1ccnc2cc(Cl)ccc12.Cc1nc(-c2ccccc2)oc1C.Cc1nc(-c2ccccc2)sc1C.Cc1nc2ccccc2o1.Cc1nc2ccccc2s1.Cn1c(-c2ccccc2)nc2ccccc21. The predicted molar refractivity (Wildman–Crippen MR) is 481 cm³/mol. The van der Waals surface area contributed by atoms with E-state index < -0.39 is 0 Å². The second-order valence-electron chi connectivity index (χ2n) is 27.9. The van der Waals surface area contributed by atoms with Crippen LogP contribution in [-0.2, 0) is 7.05 Å². The molecule has 2 saturated heterocycles. The molecule has 0 aliphatic carbocycles. The third-order valence-corrected chi connectivity index (χ3v) is 21.5. The number of anilines is 1. The zero-order valence-electron chi connectivity index (χ0n) is 67.9. The minimum atomic E-state index is -0.132. The van der Waals surface area contributed by atoms with E-state index in [9.17, 15) is 4.39 Å². The van der Waals surface area contributed by atoms with Crippen LogP contribution in [0.1, 0.15) is 74.1 Å². The van der Waals surface area contributed by atoms with E-state index in [0.29, 0.717) is 11.5 Å². The number of thiazole rings is 2. The molecule has 17 aromatic rings. The molecule has 0 bridgehead atoms. The predicted octanol–water partition coefficient (Wildman–Crippen LogP) is 25.0. The number of aryl methyl sites for hydroxylation is 10. The molecule has 10 aromatic carbocycles. The Morgan fingerprint density at radius 2 is 0.991 bits per heavy atom. The van der Waals surface area contributed by atoms with Gasteiger partial charge in [0.1, 0.15) is 27.9 Å². The van der Waals surface area contributed by atoms with E-state index in [-0.39, 0.29) is 5.82 Å². The summed E-state index contributed by atoms with van der Waals surface area (Å²) in [6.45, 7) is 24.9. The van der Waals surface area contributed by atoms with Gasteiger partial charge >= 0.3 is 0 Å². The van der Waals surface area contributed by atoms with Crippen molar-refractivity contribution in [3.8, 4) is 33.4 Å². The highest BCUT2D eigenvalue weighted by molar-refractivity contribution is 7.18. The fourth-order valence-electron chi connectivity index (χ4n) is 12.4. The molecular formula is C98H103ClFN11O2S2. The van der Waals surface area contributed by atoms with Gasteiger partial charge in [0.25, 0.3) is 0 Å². The van der Waals surface area contributed by atoms with Crippen molar-refractivity contribution >= 4 is 83.2 Å². The van der Waals surface area contributed by atoms with Crippen LogP contribution in [0.5, 0.6) is 0 Å². The summed E-state index contributed by atoms with van der Waals surface area (Å²) in [4.78, 5) is 38.7. The van der Waals surface area contributed by atoms with Crippen LogP contribution in [0.25, 0.3) is 76.7 Å². The van der Waals surface area contributed by atoms with Crippen molar-refractivity contribution in [1.82, 2.24) is 49.3 Å². The first-order valence-electron chi connectivity index (χ1n) is 38.7. The second-order valence-corrected chi connectivity index (χ2v) is 30.8. The Labute approximate surface area is 690 Å².